The van der Waals surface area contributed by atoms with Gasteiger partial charge in [-0.05, 0) is 36.8 Å². The number of rotatable bonds is 4. The van der Waals surface area contributed by atoms with Crippen molar-refractivity contribution in [3.05, 3.63) is 58.9 Å². The van der Waals surface area contributed by atoms with E-state index in [0.29, 0.717) is 5.02 Å². The summed E-state index contributed by atoms with van der Waals surface area (Å²) in [6.07, 6.45) is -0.325. The van der Waals surface area contributed by atoms with Crippen molar-refractivity contribution in [1.82, 2.24) is 0 Å². The molecule has 0 spiro atoms. The van der Waals surface area contributed by atoms with Gasteiger partial charge in [0.05, 0.1) is 0 Å². The molecule has 128 valence electrons. The van der Waals surface area contributed by atoms with Gasteiger partial charge in [-0.25, -0.2) is 4.39 Å². The maximum absolute atomic E-state index is 14.2. The van der Waals surface area contributed by atoms with Crippen LogP contribution in [0.2, 0.25) is 5.02 Å². The van der Waals surface area contributed by atoms with Crippen LogP contribution in [0, 0.1) is 11.2 Å². The van der Waals surface area contributed by atoms with Gasteiger partial charge >= 0.3 is 0 Å². The molecule has 1 atom stereocenters. The van der Waals surface area contributed by atoms with E-state index in [1.807, 2.05) is 19.1 Å². The molecule has 1 unspecified atom stereocenters. The second kappa shape index (κ2) is 7.22. The van der Waals surface area contributed by atoms with Crippen LogP contribution < -0.4 is 10.1 Å². The zero-order chi connectivity index (χ0) is 17.9. The van der Waals surface area contributed by atoms with E-state index in [1.54, 1.807) is 45.0 Å². The Kier molecular flexibility index (Phi) is 5.50. The zero-order valence-electron chi connectivity index (χ0n) is 14.2. The Morgan fingerprint density at radius 1 is 1.17 bits per heavy atom. The molecular weight excluding hydrogens is 329 g/mol. The summed E-state index contributed by atoms with van der Waals surface area (Å²) >= 11 is 5.88. The molecule has 0 aliphatic carbocycles. The van der Waals surface area contributed by atoms with Crippen molar-refractivity contribution in [3.63, 3.8) is 0 Å². The minimum atomic E-state index is -0.638. The van der Waals surface area contributed by atoms with E-state index in [1.165, 1.54) is 6.07 Å². The standard InChI is InChI=1S/C19H21ClFNO2/c1-12(13-8-10-14(20)11-9-13)24-16-7-5-6-15(21)17(16)22-18(23)19(2,3)4/h5-12H,1-4H3,(H,22,23). The lowest BCUT2D eigenvalue weighted by molar-refractivity contribution is -0.123. The molecule has 0 aliphatic heterocycles. The molecule has 3 nitrogen and oxygen atoms in total. The molecule has 0 fully saturated rings. The number of anilines is 1. The number of ether oxygens (including phenoxy) is 1. The molecule has 2 rings (SSSR count). The van der Waals surface area contributed by atoms with Crippen LogP contribution >= 0.6 is 11.6 Å². The van der Waals surface area contributed by atoms with Gasteiger partial charge in [-0.15, -0.1) is 0 Å². The first-order valence-electron chi connectivity index (χ1n) is 7.70. The van der Waals surface area contributed by atoms with E-state index >= 15 is 0 Å². The number of para-hydroxylation sites is 1. The smallest absolute Gasteiger partial charge is 0.229 e. The zero-order valence-corrected chi connectivity index (χ0v) is 14.9. The topological polar surface area (TPSA) is 38.3 Å². The Morgan fingerprint density at radius 3 is 2.38 bits per heavy atom. The van der Waals surface area contributed by atoms with Gasteiger partial charge in [0.2, 0.25) is 5.91 Å². The van der Waals surface area contributed by atoms with Gasteiger partial charge in [-0.3, -0.25) is 4.79 Å². The summed E-state index contributed by atoms with van der Waals surface area (Å²) < 4.78 is 20.1. The van der Waals surface area contributed by atoms with Crippen molar-refractivity contribution in [2.45, 2.75) is 33.8 Å². The van der Waals surface area contributed by atoms with Crippen LogP contribution in [0.25, 0.3) is 0 Å². The molecular formula is C19H21ClFNO2. The van der Waals surface area contributed by atoms with Gasteiger partial charge in [0.25, 0.3) is 0 Å². The van der Waals surface area contributed by atoms with Crippen molar-refractivity contribution in [2.24, 2.45) is 5.41 Å². The summed E-state index contributed by atoms with van der Waals surface area (Å²) in [5.41, 5.74) is 0.316. The highest BCUT2D eigenvalue weighted by molar-refractivity contribution is 6.30. The van der Waals surface area contributed by atoms with E-state index in [-0.39, 0.29) is 23.4 Å². The number of hydrogen-bond donors (Lipinski definition) is 1. The first-order chi connectivity index (χ1) is 11.2. The van der Waals surface area contributed by atoms with Crippen LogP contribution in [0.3, 0.4) is 0 Å². The molecule has 1 amide bonds. The lowest BCUT2D eigenvalue weighted by Crippen LogP contribution is -2.28. The SMILES string of the molecule is CC(Oc1cccc(F)c1NC(=O)C(C)(C)C)c1ccc(Cl)cc1. The van der Waals surface area contributed by atoms with E-state index < -0.39 is 11.2 Å². The van der Waals surface area contributed by atoms with Crippen LogP contribution in [0.1, 0.15) is 39.4 Å². The molecule has 0 saturated heterocycles. The predicted octanol–water partition coefficient (Wildman–Crippen LogP) is 5.60. The molecule has 5 heteroatoms. The predicted molar refractivity (Wildman–Crippen MR) is 95.0 cm³/mol. The highest BCUT2D eigenvalue weighted by atomic mass is 35.5. The Morgan fingerprint density at radius 2 is 1.79 bits per heavy atom. The summed E-state index contributed by atoms with van der Waals surface area (Å²) in [4.78, 5) is 12.2. The maximum Gasteiger partial charge on any atom is 0.229 e. The highest BCUT2D eigenvalue weighted by Crippen LogP contribution is 2.33. The number of benzene rings is 2. The number of hydrogen-bond acceptors (Lipinski definition) is 2. The average molecular weight is 350 g/mol. The third-order valence-electron chi connectivity index (χ3n) is 3.54. The van der Waals surface area contributed by atoms with Crippen LogP contribution in [-0.4, -0.2) is 5.91 Å². The molecule has 24 heavy (non-hydrogen) atoms. The summed E-state index contributed by atoms with van der Waals surface area (Å²) in [5, 5.41) is 3.26. The fourth-order valence-electron chi connectivity index (χ4n) is 2.02. The van der Waals surface area contributed by atoms with Gasteiger partial charge in [-0.2, -0.15) is 0 Å². The third-order valence-corrected chi connectivity index (χ3v) is 3.79. The molecule has 1 N–H and O–H groups in total. The Hall–Kier alpha value is -2.07. The van der Waals surface area contributed by atoms with Crippen molar-refractivity contribution < 1.29 is 13.9 Å². The van der Waals surface area contributed by atoms with E-state index in [4.69, 9.17) is 16.3 Å². The van der Waals surface area contributed by atoms with Gasteiger partial charge in [0.1, 0.15) is 17.5 Å². The minimum absolute atomic E-state index is 0.0539. The van der Waals surface area contributed by atoms with Gasteiger partial charge in [0, 0.05) is 10.4 Å². The number of carbonyl (C=O) groups is 1. The lowest BCUT2D eigenvalue weighted by Gasteiger charge is -2.22. The van der Waals surface area contributed by atoms with Crippen molar-refractivity contribution in [1.29, 1.82) is 0 Å². The molecule has 0 saturated carbocycles. The van der Waals surface area contributed by atoms with E-state index in [9.17, 15) is 9.18 Å². The van der Waals surface area contributed by atoms with Crippen molar-refractivity contribution >= 4 is 23.2 Å². The van der Waals surface area contributed by atoms with Gasteiger partial charge in [0.15, 0.2) is 5.82 Å². The Bertz CT molecular complexity index is 723. The number of halogens is 2. The van der Waals surface area contributed by atoms with Gasteiger partial charge in [-0.1, -0.05) is 50.6 Å². The van der Waals surface area contributed by atoms with Crippen molar-refractivity contribution in [2.75, 3.05) is 5.32 Å². The normalized spacial score (nSPS) is 12.6. The summed E-state index contributed by atoms with van der Waals surface area (Å²) in [6, 6.07) is 11.7. The molecule has 0 aromatic heterocycles. The highest BCUT2D eigenvalue weighted by Gasteiger charge is 2.24. The van der Waals surface area contributed by atoms with Crippen LogP contribution in [-0.2, 0) is 4.79 Å². The second-order valence-corrected chi connectivity index (χ2v) is 7.07. The minimum Gasteiger partial charge on any atom is -0.484 e. The Balaban J connectivity index is 2.25. The molecule has 2 aromatic rings. The van der Waals surface area contributed by atoms with Crippen molar-refractivity contribution in [3.8, 4) is 5.75 Å². The second-order valence-electron chi connectivity index (χ2n) is 6.63. The fraction of sp³-hybridized carbons (Fsp3) is 0.316. The largest absolute Gasteiger partial charge is 0.484 e. The van der Waals surface area contributed by atoms with Crippen LogP contribution in [0.15, 0.2) is 42.5 Å². The molecule has 0 radical (unpaired) electrons. The number of nitrogens with one attached hydrogen (secondary N) is 1. The number of carbonyl (C=O) groups excluding carboxylic acids is 1. The third kappa shape index (κ3) is 4.48. The molecule has 0 bridgehead atoms. The summed E-state index contributed by atoms with van der Waals surface area (Å²) in [5.74, 6) is -0.528. The Labute approximate surface area is 146 Å². The lowest BCUT2D eigenvalue weighted by atomic mass is 9.95. The first kappa shape index (κ1) is 18.3. The molecule has 0 heterocycles. The quantitative estimate of drug-likeness (QED) is 0.779. The maximum atomic E-state index is 14.2. The summed E-state index contributed by atoms with van der Waals surface area (Å²) in [6.45, 7) is 7.14. The van der Waals surface area contributed by atoms with Gasteiger partial charge < -0.3 is 10.1 Å². The number of amides is 1. The van der Waals surface area contributed by atoms with Crippen LogP contribution in [0.4, 0.5) is 10.1 Å². The fourth-order valence-corrected chi connectivity index (χ4v) is 2.14. The van der Waals surface area contributed by atoms with E-state index in [0.717, 1.165) is 5.56 Å². The van der Waals surface area contributed by atoms with Crippen LogP contribution in [0.5, 0.6) is 5.75 Å². The first-order valence-corrected chi connectivity index (χ1v) is 8.08. The average Bonchev–Trinajstić information content (AvgIpc) is 2.50. The monoisotopic (exact) mass is 349 g/mol. The summed E-state index contributed by atoms with van der Waals surface area (Å²) in [7, 11) is 0. The molecule has 2 aromatic carbocycles. The van der Waals surface area contributed by atoms with E-state index in [2.05, 4.69) is 5.32 Å². The molecule has 0 aliphatic rings.